The number of carboxylic acid groups (broad SMARTS) is 1. The molecule has 0 aromatic heterocycles. The Morgan fingerprint density at radius 3 is 2.58 bits per heavy atom. The number of nitrogens with one attached hydrogen (secondary N) is 1. The quantitative estimate of drug-likeness (QED) is 0.787. The second-order valence-electron chi connectivity index (χ2n) is 5.84. The second-order valence-corrected chi connectivity index (χ2v) is 5.84. The molecular formula is C13H24N2O4. The number of hydrogen-bond donors (Lipinski definition) is 2. The van der Waals surface area contributed by atoms with Gasteiger partial charge in [0.25, 0.3) is 0 Å². The zero-order valence-corrected chi connectivity index (χ0v) is 12.1. The SMILES string of the molecule is CCC(C)(C)CNC(=O)N(C)C1COCC1C(=O)O. The molecular weight excluding hydrogens is 248 g/mol. The van der Waals surface area contributed by atoms with Gasteiger partial charge in [0.2, 0.25) is 0 Å². The van der Waals surface area contributed by atoms with Crippen LogP contribution in [-0.4, -0.2) is 54.9 Å². The normalized spacial score (nSPS) is 23.2. The summed E-state index contributed by atoms with van der Waals surface area (Å²) in [4.78, 5) is 24.5. The fourth-order valence-electron chi connectivity index (χ4n) is 1.88. The topological polar surface area (TPSA) is 78.9 Å². The molecule has 1 aliphatic heterocycles. The third kappa shape index (κ3) is 4.09. The molecule has 0 saturated carbocycles. The number of amides is 2. The summed E-state index contributed by atoms with van der Waals surface area (Å²) in [6.07, 6.45) is 0.960. The third-order valence-electron chi connectivity index (χ3n) is 3.86. The standard InChI is InChI=1S/C13H24N2O4/c1-5-13(2,3)8-14-12(18)15(4)10-7-19-6-9(10)11(16)17/h9-10H,5-8H2,1-4H3,(H,14,18)(H,16,17). The molecule has 19 heavy (non-hydrogen) atoms. The number of likely N-dealkylation sites (N-methyl/N-ethyl adjacent to an activating group) is 1. The number of carboxylic acids is 1. The van der Waals surface area contributed by atoms with Gasteiger partial charge in [0.15, 0.2) is 0 Å². The summed E-state index contributed by atoms with van der Waals surface area (Å²) >= 11 is 0. The Morgan fingerprint density at radius 1 is 1.42 bits per heavy atom. The first-order valence-electron chi connectivity index (χ1n) is 6.59. The number of aliphatic carboxylic acids is 1. The molecule has 0 aromatic rings. The van der Waals surface area contributed by atoms with Crippen molar-refractivity contribution >= 4 is 12.0 Å². The molecule has 2 unspecified atom stereocenters. The van der Waals surface area contributed by atoms with Crippen molar-refractivity contribution in [2.75, 3.05) is 26.8 Å². The van der Waals surface area contributed by atoms with Gasteiger partial charge in [0.05, 0.1) is 19.3 Å². The van der Waals surface area contributed by atoms with Crippen LogP contribution >= 0.6 is 0 Å². The number of rotatable bonds is 5. The molecule has 1 heterocycles. The maximum atomic E-state index is 12.0. The van der Waals surface area contributed by atoms with Crippen molar-refractivity contribution in [2.45, 2.75) is 33.2 Å². The van der Waals surface area contributed by atoms with Crippen molar-refractivity contribution in [2.24, 2.45) is 11.3 Å². The third-order valence-corrected chi connectivity index (χ3v) is 3.86. The zero-order valence-electron chi connectivity index (χ0n) is 12.1. The Bertz CT molecular complexity index is 344. The van der Waals surface area contributed by atoms with E-state index in [0.29, 0.717) is 6.54 Å². The van der Waals surface area contributed by atoms with E-state index in [1.165, 1.54) is 4.90 Å². The van der Waals surface area contributed by atoms with Crippen LogP contribution in [0.4, 0.5) is 4.79 Å². The fraction of sp³-hybridized carbons (Fsp3) is 0.846. The average molecular weight is 272 g/mol. The minimum absolute atomic E-state index is 0.0366. The molecule has 110 valence electrons. The summed E-state index contributed by atoms with van der Waals surface area (Å²) < 4.78 is 5.17. The molecule has 0 aromatic carbocycles. The first kappa shape index (κ1) is 15.8. The van der Waals surface area contributed by atoms with E-state index in [-0.39, 0.29) is 24.7 Å². The Kier molecular flexibility index (Phi) is 5.17. The van der Waals surface area contributed by atoms with Crippen LogP contribution < -0.4 is 5.32 Å². The van der Waals surface area contributed by atoms with Crippen LogP contribution in [0.3, 0.4) is 0 Å². The molecule has 2 amide bonds. The van der Waals surface area contributed by atoms with E-state index in [1.54, 1.807) is 7.05 Å². The van der Waals surface area contributed by atoms with Gasteiger partial charge in [-0.05, 0) is 11.8 Å². The van der Waals surface area contributed by atoms with Crippen molar-refractivity contribution < 1.29 is 19.4 Å². The van der Waals surface area contributed by atoms with Crippen LogP contribution in [0, 0.1) is 11.3 Å². The van der Waals surface area contributed by atoms with Crippen LogP contribution in [0.2, 0.25) is 0 Å². The van der Waals surface area contributed by atoms with E-state index in [2.05, 4.69) is 26.1 Å². The van der Waals surface area contributed by atoms with Gasteiger partial charge >= 0.3 is 12.0 Å². The van der Waals surface area contributed by atoms with Gasteiger partial charge in [0.1, 0.15) is 5.92 Å². The summed E-state index contributed by atoms with van der Waals surface area (Å²) in [7, 11) is 1.61. The molecule has 2 atom stereocenters. The lowest BCUT2D eigenvalue weighted by Crippen LogP contribution is -2.49. The summed E-state index contributed by atoms with van der Waals surface area (Å²) in [5.74, 6) is -1.56. The largest absolute Gasteiger partial charge is 0.481 e. The Balaban J connectivity index is 2.55. The lowest BCUT2D eigenvalue weighted by atomic mass is 9.90. The highest BCUT2D eigenvalue weighted by Crippen LogP contribution is 2.20. The molecule has 0 bridgehead atoms. The van der Waals surface area contributed by atoms with E-state index in [9.17, 15) is 9.59 Å². The Hall–Kier alpha value is -1.30. The van der Waals surface area contributed by atoms with E-state index >= 15 is 0 Å². The van der Waals surface area contributed by atoms with Gasteiger partial charge in [-0.15, -0.1) is 0 Å². The smallest absolute Gasteiger partial charge is 0.317 e. The van der Waals surface area contributed by atoms with Crippen LogP contribution in [0.5, 0.6) is 0 Å². The van der Waals surface area contributed by atoms with Crippen LogP contribution in [-0.2, 0) is 9.53 Å². The lowest BCUT2D eigenvalue weighted by molar-refractivity contribution is -0.142. The molecule has 2 N–H and O–H groups in total. The predicted octanol–water partition coefficient (Wildman–Crippen LogP) is 1.16. The average Bonchev–Trinajstić information content (AvgIpc) is 2.84. The van der Waals surface area contributed by atoms with Crippen molar-refractivity contribution in [1.29, 1.82) is 0 Å². The number of urea groups is 1. The first-order valence-corrected chi connectivity index (χ1v) is 6.59. The highest BCUT2D eigenvalue weighted by Gasteiger charge is 2.38. The lowest BCUT2D eigenvalue weighted by Gasteiger charge is -2.29. The van der Waals surface area contributed by atoms with Gasteiger partial charge in [-0.2, -0.15) is 0 Å². The summed E-state index contributed by atoms with van der Waals surface area (Å²) in [6, 6.07) is -0.648. The van der Waals surface area contributed by atoms with E-state index in [0.717, 1.165) is 6.42 Å². The Labute approximate surface area is 114 Å². The molecule has 0 aliphatic carbocycles. The molecule has 1 saturated heterocycles. The summed E-state index contributed by atoms with van der Waals surface area (Å²) in [6.45, 7) is 7.23. The van der Waals surface area contributed by atoms with Crippen LogP contribution in [0.25, 0.3) is 0 Å². The molecule has 1 aliphatic rings. The van der Waals surface area contributed by atoms with Crippen molar-refractivity contribution in [3.8, 4) is 0 Å². The van der Waals surface area contributed by atoms with Gasteiger partial charge in [-0.25, -0.2) is 4.79 Å². The molecule has 1 fully saturated rings. The zero-order chi connectivity index (χ0) is 14.6. The number of carbonyl (C=O) groups excluding carboxylic acids is 1. The number of carbonyl (C=O) groups is 2. The number of hydrogen-bond acceptors (Lipinski definition) is 3. The Morgan fingerprint density at radius 2 is 2.05 bits per heavy atom. The molecule has 6 nitrogen and oxygen atoms in total. The molecule has 0 spiro atoms. The van der Waals surface area contributed by atoms with Crippen LogP contribution in [0.1, 0.15) is 27.2 Å². The van der Waals surface area contributed by atoms with Crippen molar-refractivity contribution in [3.05, 3.63) is 0 Å². The highest BCUT2D eigenvalue weighted by atomic mass is 16.5. The summed E-state index contributed by atoms with van der Waals surface area (Å²) in [5, 5.41) is 11.9. The van der Waals surface area contributed by atoms with E-state index in [1.807, 2.05) is 0 Å². The highest BCUT2D eigenvalue weighted by molar-refractivity contribution is 5.77. The van der Waals surface area contributed by atoms with E-state index < -0.39 is 17.9 Å². The minimum Gasteiger partial charge on any atom is -0.481 e. The second kappa shape index (κ2) is 6.23. The van der Waals surface area contributed by atoms with Crippen molar-refractivity contribution in [1.82, 2.24) is 10.2 Å². The summed E-state index contributed by atoms with van der Waals surface area (Å²) in [5.41, 5.74) is 0.0366. The first-order chi connectivity index (χ1) is 8.78. The van der Waals surface area contributed by atoms with Crippen molar-refractivity contribution in [3.63, 3.8) is 0 Å². The number of ether oxygens (including phenoxy) is 1. The maximum Gasteiger partial charge on any atom is 0.317 e. The minimum atomic E-state index is -0.920. The maximum absolute atomic E-state index is 12.0. The van der Waals surface area contributed by atoms with E-state index in [4.69, 9.17) is 9.84 Å². The van der Waals surface area contributed by atoms with Gasteiger partial charge < -0.3 is 20.1 Å². The molecule has 6 heteroatoms. The van der Waals surface area contributed by atoms with Gasteiger partial charge in [0, 0.05) is 13.6 Å². The predicted molar refractivity (Wildman–Crippen MR) is 71.0 cm³/mol. The number of nitrogens with zero attached hydrogens (tertiary/aromatic N) is 1. The monoisotopic (exact) mass is 272 g/mol. The molecule has 1 rings (SSSR count). The van der Waals surface area contributed by atoms with Gasteiger partial charge in [-0.1, -0.05) is 20.8 Å². The van der Waals surface area contributed by atoms with Gasteiger partial charge in [-0.3, -0.25) is 4.79 Å². The molecule has 0 radical (unpaired) electrons. The fourth-order valence-corrected chi connectivity index (χ4v) is 1.88. The van der Waals surface area contributed by atoms with Crippen LogP contribution in [0.15, 0.2) is 0 Å².